The van der Waals surface area contributed by atoms with Gasteiger partial charge in [-0.2, -0.15) is 5.26 Å². The monoisotopic (exact) mass is 219 g/mol. The van der Waals surface area contributed by atoms with E-state index in [-0.39, 0.29) is 6.03 Å². The number of hydrogen-bond donors (Lipinski definition) is 1. The number of benzene rings is 1. The van der Waals surface area contributed by atoms with Gasteiger partial charge in [-0.1, -0.05) is 0 Å². The smallest absolute Gasteiger partial charge is 0.321 e. The Labute approximate surface area is 94.2 Å². The molecule has 0 bridgehead atoms. The number of ether oxygens (including phenoxy) is 1. The molecule has 16 heavy (non-hydrogen) atoms. The van der Waals surface area contributed by atoms with Crippen LogP contribution in [0.2, 0.25) is 0 Å². The van der Waals surface area contributed by atoms with Crippen molar-refractivity contribution in [2.75, 3.05) is 26.5 Å². The van der Waals surface area contributed by atoms with E-state index >= 15 is 0 Å². The Morgan fingerprint density at radius 2 is 2.19 bits per heavy atom. The van der Waals surface area contributed by atoms with Crippen molar-refractivity contribution in [1.29, 1.82) is 5.26 Å². The summed E-state index contributed by atoms with van der Waals surface area (Å²) in [7, 11) is 4.78. The van der Waals surface area contributed by atoms with Gasteiger partial charge in [0.2, 0.25) is 0 Å². The molecule has 1 rings (SSSR count). The van der Waals surface area contributed by atoms with E-state index in [1.54, 1.807) is 32.3 Å². The fourth-order valence-electron chi connectivity index (χ4n) is 1.11. The van der Waals surface area contributed by atoms with Crippen LogP contribution < -0.4 is 10.1 Å². The first kappa shape index (κ1) is 11.9. The number of carbonyl (C=O) groups is 1. The maximum Gasteiger partial charge on any atom is 0.321 e. The summed E-state index contributed by atoms with van der Waals surface area (Å²) >= 11 is 0. The van der Waals surface area contributed by atoms with Gasteiger partial charge in [0.25, 0.3) is 0 Å². The zero-order valence-electron chi connectivity index (χ0n) is 9.44. The maximum absolute atomic E-state index is 11.4. The van der Waals surface area contributed by atoms with Crippen molar-refractivity contribution in [2.45, 2.75) is 0 Å². The van der Waals surface area contributed by atoms with Crippen LogP contribution in [-0.4, -0.2) is 32.1 Å². The van der Waals surface area contributed by atoms with Gasteiger partial charge in [0.1, 0.15) is 11.8 Å². The van der Waals surface area contributed by atoms with Crippen molar-refractivity contribution in [3.8, 4) is 11.8 Å². The van der Waals surface area contributed by atoms with Crippen molar-refractivity contribution < 1.29 is 9.53 Å². The lowest BCUT2D eigenvalue weighted by Crippen LogP contribution is -2.27. The first-order chi connectivity index (χ1) is 7.58. The van der Waals surface area contributed by atoms with Crippen LogP contribution in [0.15, 0.2) is 18.2 Å². The van der Waals surface area contributed by atoms with Crippen molar-refractivity contribution >= 4 is 11.7 Å². The largest absolute Gasteiger partial charge is 0.495 e. The zero-order valence-corrected chi connectivity index (χ0v) is 9.44. The second-order valence-corrected chi connectivity index (χ2v) is 3.35. The Bertz CT molecular complexity index is 435. The number of amides is 2. The van der Waals surface area contributed by atoms with Gasteiger partial charge < -0.3 is 15.0 Å². The van der Waals surface area contributed by atoms with Gasteiger partial charge in [0.05, 0.1) is 12.7 Å². The number of methoxy groups -OCH3 is 1. The third kappa shape index (κ3) is 2.64. The molecule has 0 aliphatic rings. The molecule has 0 aliphatic carbocycles. The van der Waals surface area contributed by atoms with Crippen molar-refractivity contribution in [1.82, 2.24) is 4.90 Å². The molecule has 84 valence electrons. The molecule has 0 unspecified atom stereocenters. The summed E-state index contributed by atoms with van der Waals surface area (Å²) < 4.78 is 5.00. The molecule has 0 spiro atoms. The summed E-state index contributed by atoms with van der Waals surface area (Å²) in [5.41, 5.74) is 0.954. The summed E-state index contributed by atoms with van der Waals surface area (Å²) in [5, 5.41) is 11.5. The third-order valence-corrected chi connectivity index (χ3v) is 1.98. The summed E-state index contributed by atoms with van der Waals surface area (Å²) in [5.74, 6) is 0.491. The Balaban J connectivity index is 2.92. The van der Waals surface area contributed by atoms with Crippen LogP contribution >= 0.6 is 0 Å². The minimum atomic E-state index is -0.242. The molecular weight excluding hydrogens is 206 g/mol. The minimum absolute atomic E-state index is 0.242. The lowest BCUT2D eigenvalue weighted by molar-refractivity contribution is 0.230. The predicted octanol–water partition coefficient (Wildman–Crippen LogP) is 1.66. The number of anilines is 1. The van der Waals surface area contributed by atoms with Gasteiger partial charge in [0, 0.05) is 19.8 Å². The normalized spacial score (nSPS) is 9.12. The number of hydrogen-bond acceptors (Lipinski definition) is 3. The Hall–Kier alpha value is -2.22. The van der Waals surface area contributed by atoms with Crippen LogP contribution in [0.5, 0.6) is 5.75 Å². The topological polar surface area (TPSA) is 65.4 Å². The van der Waals surface area contributed by atoms with Crippen molar-refractivity contribution in [2.24, 2.45) is 0 Å². The van der Waals surface area contributed by atoms with Gasteiger partial charge in [-0.15, -0.1) is 0 Å². The number of nitrogens with zero attached hydrogens (tertiary/aromatic N) is 2. The van der Waals surface area contributed by atoms with E-state index in [1.165, 1.54) is 12.0 Å². The average molecular weight is 219 g/mol. The fraction of sp³-hybridized carbons (Fsp3) is 0.273. The average Bonchev–Trinajstić information content (AvgIpc) is 2.28. The lowest BCUT2D eigenvalue weighted by atomic mass is 10.2. The van der Waals surface area contributed by atoms with Gasteiger partial charge in [0.15, 0.2) is 0 Å². The molecule has 0 saturated carbocycles. The molecule has 0 aromatic heterocycles. The van der Waals surface area contributed by atoms with E-state index in [9.17, 15) is 4.79 Å². The first-order valence-corrected chi connectivity index (χ1v) is 4.65. The van der Waals surface area contributed by atoms with E-state index in [4.69, 9.17) is 10.00 Å². The molecule has 0 fully saturated rings. The number of nitriles is 1. The Kier molecular flexibility index (Phi) is 3.72. The predicted molar refractivity (Wildman–Crippen MR) is 60.4 cm³/mol. The maximum atomic E-state index is 11.4. The minimum Gasteiger partial charge on any atom is -0.495 e. The second kappa shape index (κ2) is 5.03. The Morgan fingerprint density at radius 1 is 1.50 bits per heavy atom. The van der Waals surface area contributed by atoms with E-state index in [1.807, 2.05) is 6.07 Å². The fourth-order valence-corrected chi connectivity index (χ4v) is 1.11. The molecule has 1 N–H and O–H groups in total. The van der Waals surface area contributed by atoms with Crippen LogP contribution in [-0.2, 0) is 0 Å². The van der Waals surface area contributed by atoms with Crippen molar-refractivity contribution in [3.05, 3.63) is 23.8 Å². The number of carbonyl (C=O) groups excluding carboxylic acids is 1. The van der Waals surface area contributed by atoms with E-state index in [0.29, 0.717) is 17.0 Å². The van der Waals surface area contributed by atoms with Gasteiger partial charge in [-0.05, 0) is 18.2 Å². The standard InChI is InChI=1S/C11H13N3O2/c1-14(2)11(15)13-9-4-5-10(16-3)8(6-9)7-12/h4-6H,1-3H3,(H,13,15). The number of urea groups is 1. The summed E-state index contributed by atoms with van der Waals surface area (Å²) in [6.07, 6.45) is 0. The van der Waals surface area contributed by atoms with Crippen LogP contribution in [0.25, 0.3) is 0 Å². The summed E-state index contributed by atoms with van der Waals surface area (Å²) in [6.45, 7) is 0. The van der Waals surface area contributed by atoms with Crippen LogP contribution in [0, 0.1) is 11.3 Å². The highest BCUT2D eigenvalue weighted by molar-refractivity contribution is 5.89. The molecule has 0 atom stereocenters. The third-order valence-electron chi connectivity index (χ3n) is 1.98. The molecule has 5 nitrogen and oxygen atoms in total. The molecule has 1 aromatic rings. The number of rotatable bonds is 2. The lowest BCUT2D eigenvalue weighted by Gasteiger charge is -2.12. The van der Waals surface area contributed by atoms with Gasteiger partial charge in [-0.25, -0.2) is 4.79 Å². The van der Waals surface area contributed by atoms with E-state index in [0.717, 1.165) is 0 Å². The molecule has 0 saturated heterocycles. The van der Waals surface area contributed by atoms with Crippen molar-refractivity contribution in [3.63, 3.8) is 0 Å². The zero-order chi connectivity index (χ0) is 12.1. The van der Waals surface area contributed by atoms with Crippen LogP contribution in [0.1, 0.15) is 5.56 Å². The second-order valence-electron chi connectivity index (χ2n) is 3.35. The molecule has 5 heteroatoms. The molecule has 0 heterocycles. The Morgan fingerprint density at radius 3 is 2.69 bits per heavy atom. The van der Waals surface area contributed by atoms with Crippen LogP contribution in [0.3, 0.4) is 0 Å². The van der Waals surface area contributed by atoms with E-state index < -0.39 is 0 Å². The molecule has 2 amide bonds. The highest BCUT2D eigenvalue weighted by Crippen LogP contribution is 2.21. The first-order valence-electron chi connectivity index (χ1n) is 4.65. The summed E-state index contributed by atoms with van der Waals surface area (Å²) in [4.78, 5) is 12.8. The highest BCUT2D eigenvalue weighted by Gasteiger charge is 2.07. The van der Waals surface area contributed by atoms with Gasteiger partial charge in [-0.3, -0.25) is 0 Å². The highest BCUT2D eigenvalue weighted by atomic mass is 16.5. The van der Waals surface area contributed by atoms with Gasteiger partial charge >= 0.3 is 6.03 Å². The quantitative estimate of drug-likeness (QED) is 0.822. The molecule has 1 aromatic carbocycles. The molecule has 0 aliphatic heterocycles. The molecule has 0 radical (unpaired) electrons. The number of nitrogens with one attached hydrogen (secondary N) is 1. The SMILES string of the molecule is COc1ccc(NC(=O)N(C)C)cc1C#N. The van der Waals surface area contributed by atoms with Crippen LogP contribution in [0.4, 0.5) is 10.5 Å². The summed E-state index contributed by atoms with van der Waals surface area (Å²) in [6, 6.07) is 6.65. The molecular formula is C11H13N3O2. The van der Waals surface area contributed by atoms with E-state index in [2.05, 4.69) is 5.32 Å².